The monoisotopic (exact) mass is 133 g/mol. The molecule has 3 nitrogen and oxygen atoms in total. The maximum Gasteiger partial charge on any atom is 1.00 e. The number of hydrogen-bond donors (Lipinski definition) is 0. The molecule has 0 unspecified atom stereocenters. The van der Waals surface area contributed by atoms with Crippen molar-refractivity contribution in [2.24, 2.45) is 0 Å². The summed E-state index contributed by atoms with van der Waals surface area (Å²) in [5, 5.41) is 0. The van der Waals surface area contributed by atoms with E-state index >= 15 is 0 Å². The van der Waals surface area contributed by atoms with Crippen LogP contribution < -0.4 is 68.7 Å². The van der Waals surface area contributed by atoms with Gasteiger partial charge in [-0.1, -0.05) is 0 Å². The molecule has 0 heterocycles. The van der Waals surface area contributed by atoms with Crippen molar-refractivity contribution < 1.29 is 73.2 Å². The molecule has 0 aromatic heterocycles. The van der Waals surface area contributed by atoms with Gasteiger partial charge < -0.3 is 14.1 Å². The van der Waals surface area contributed by atoms with E-state index in [1.165, 1.54) is 0 Å². The van der Waals surface area contributed by atoms with Crippen LogP contribution in [0.1, 0.15) is 0 Å². The topological polar surface area (TPSA) is 63.2 Å². The zero-order chi connectivity index (χ0) is 3.58. The first-order chi connectivity index (χ1) is 1.73. The predicted molar refractivity (Wildman–Crippen MR) is 12.2 cm³/mol. The van der Waals surface area contributed by atoms with Crippen LogP contribution in [0.25, 0.3) is 0 Å². The molecule has 0 aliphatic rings. The summed E-state index contributed by atoms with van der Waals surface area (Å²) in [4.78, 5) is 17.0. The maximum atomic E-state index is 8.52. The molecule has 7 heavy (non-hydrogen) atoms. The fourth-order valence-electron chi connectivity index (χ4n) is 0. The molecule has 0 rings (SSSR count). The molecular weight excluding hydrogens is 133 g/mol. The van der Waals surface area contributed by atoms with E-state index < -0.39 is 9.17 Å². The Morgan fingerprint density at radius 1 is 1.14 bits per heavy atom. The molecule has 0 saturated heterocycles. The Morgan fingerprint density at radius 2 is 1.14 bits per heavy atom. The van der Waals surface area contributed by atoms with Crippen molar-refractivity contribution in [2.75, 3.05) is 0 Å². The molecule has 0 aliphatic carbocycles. The Kier molecular flexibility index (Phi) is 52.2. The summed E-state index contributed by atoms with van der Waals surface area (Å²) in [7, 11) is -3.63. The van der Waals surface area contributed by atoms with Crippen molar-refractivity contribution in [3.63, 3.8) is 0 Å². The number of hydrogen-bond acceptors (Lipinski definition) is 3. The maximum absolute atomic E-state index is 8.52. The summed E-state index contributed by atoms with van der Waals surface area (Å²) in [5.41, 5.74) is 0. The number of rotatable bonds is 0. The van der Waals surface area contributed by atoms with Crippen molar-refractivity contribution in [3.05, 3.63) is 0 Å². The van der Waals surface area contributed by atoms with Gasteiger partial charge in [0.25, 0.3) is 0 Å². The van der Waals surface area contributed by atoms with Crippen LogP contribution in [0.15, 0.2) is 0 Å². The smallest absolute Gasteiger partial charge is 0.672 e. The van der Waals surface area contributed by atoms with Crippen LogP contribution >= 0.6 is 0 Å². The first-order valence-electron chi connectivity index (χ1n) is 0.612. The first kappa shape index (κ1) is 23.4. The van der Waals surface area contributed by atoms with Gasteiger partial charge in [-0.15, -0.1) is 0 Å². The van der Waals surface area contributed by atoms with Crippen LogP contribution in [0.5, 0.6) is 0 Å². The van der Waals surface area contributed by atoms with Crippen LogP contribution in [0, 0.1) is 0 Å². The van der Waals surface area contributed by atoms with Crippen molar-refractivity contribution in [1.29, 1.82) is 0 Å². The second-order valence-corrected chi connectivity index (χ2v) is 0.750. The van der Waals surface area contributed by atoms with Crippen molar-refractivity contribution in [1.82, 2.24) is 0 Å². The molecule has 0 fully saturated rings. The Bertz CT molecular complexity index is 35.9. The summed E-state index contributed by atoms with van der Waals surface area (Å²) < 4.78 is 8.52. The van der Waals surface area contributed by atoms with Crippen LogP contribution in [0.4, 0.5) is 0 Å². The van der Waals surface area contributed by atoms with E-state index in [4.69, 9.17) is 14.1 Å². The van der Waals surface area contributed by atoms with Gasteiger partial charge in [0.05, 0.1) is 0 Å². The molecule has 7 heteroatoms. The van der Waals surface area contributed by atoms with E-state index in [0.717, 1.165) is 0 Å². The van der Waals surface area contributed by atoms with Gasteiger partial charge in [0, 0.05) is 17.6 Å². The Hall–Kier alpha value is 1.68. The van der Waals surface area contributed by atoms with Gasteiger partial charge in [-0.2, -0.15) is 0 Å². The third-order valence-electron chi connectivity index (χ3n) is 0. The largest absolute Gasteiger partial charge is 1.00 e. The molecule has 0 bridgehead atoms. The summed E-state index contributed by atoms with van der Waals surface area (Å²) in [6.45, 7) is 0. The zero-order valence-corrected chi connectivity index (χ0v) is 9.30. The van der Waals surface area contributed by atoms with Crippen LogP contribution in [0.2, 0.25) is 0 Å². The molecule has 0 aromatic rings. The minimum Gasteiger partial charge on any atom is -0.672 e. The van der Waals surface area contributed by atoms with E-state index in [0.29, 0.717) is 0 Å². The van der Waals surface area contributed by atoms with Gasteiger partial charge in [0.2, 0.25) is 0 Å². The van der Waals surface area contributed by atoms with Crippen molar-refractivity contribution >= 4 is 17.6 Å². The van der Waals surface area contributed by atoms with Crippen molar-refractivity contribution in [3.8, 4) is 0 Å². The molecule has 27 valence electrons. The van der Waals surface area contributed by atoms with Gasteiger partial charge in [-0.3, -0.25) is 0 Å². The fourth-order valence-corrected chi connectivity index (χ4v) is 0. The van der Waals surface area contributed by atoms with Gasteiger partial charge >= 0.3 is 59.1 Å². The van der Waals surface area contributed by atoms with Gasteiger partial charge in [-0.05, 0) is 0 Å². The quantitative estimate of drug-likeness (QED) is 0.308. The fraction of sp³-hybridized carbons (Fsp3) is 0. The second-order valence-electron chi connectivity index (χ2n) is 0.250. The molecule has 0 saturated carbocycles. The minimum atomic E-state index is -3.63. The summed E-state index contributed by atoms with van der Waals surface area (Å²) in [6, 6.07) is 0. The molecule has 0 aromatic carbocycles. The average Bonchev–Trinajstić information content (AvgIpc) is 0.811. The second kappa shape index (κ2) is 15.6. The van der Waals surface area contributed by atoms with E-state index in [2.05, 4.69) is 0 Å². The Labute approximate surface area is 89.6 Å². The van der Waals surface area contributed by atoms with Gasteiger partial charge in [0.1, 0.15) is 0 Å². The molecule has 0 spiro atoms. The van der Waals surface area contributed by atoms with Gasteiger partial charge in [-0.25, -0.2) is 0 Å². The molecule has 0 N–H and O–H groups in total. The predicted octanol–water partition coefficient (Wildman–Crippen LogP) is -9.25. The molecule has 0 atom stereocenters. The zero-order valence-electron chi connectivity index (χ0n) is 4.30. The molecule has 3 radical (unpaired) electrons. The Morgan fingerprint density at radius 3 is 1.14 bits per heavy atom. The van der Waals surface area contributed by atoms with Crippen LogP contribution in [-0.2, 0) is 4.46 Å². The average molecular weight is 133 g/mol. The van der Waals surface area contributed by atoms with Crippen molar-refractivity contribution in [2.45, 2.75) is 0 Å². The van der Waals surface area contributed by atoms with Crippen LogP contribution in [0.3, 0.4) is 0 Å². The third-order valence-corrected chi connectivity index (χ3v) is 0. The summed E-state index contributed by atoms with van der Waals surface area (Å²) >= 11 is 0. The first-order valence-corrected chi connectivity index (χ1v) is 1.84. The minimum absolute atomic E-state index is 0. The SMILES string of the molecule is O=[Si]([O-])[O-].[B].[Na+].[Na+]. The van der Waals surface area contributed by atoms with E-state index in [1.807, 2.05) is 0 Å². The molecule has 0 amide bonds. The summed E-state index contributed by atoms with van der Waals surface area (Å²) in [6.07, 6.45) is 0. The summed E-state index contributed by atoms with van der Waals surface area (Å²) in [5.74, 6) is 0. The van der Waals surface area contributed by atoms with Crippen LogP contribution in [-0.4, -0.2) is 17.6 Å². The van der Waals surface area contributed by atoms with E-state index in [-0.39, 0.29) is 67.5 Å². The molecule has 0 aliphatic heterocycles. The van der Waals surface area contributed by atoms with E-state index in [1.54, 1.807) is 0 Å². The molecular formula is BNa2O3Si. The van der Waals surface area contributed by atoms with Gasteiger partial charge in [0.15, 0.2) is 0 Å². The standard InChI is InChI=1S/B.2Na.O3Si/c;;;1-4(2)3/q;2*+1;-2. The van der Waals surface area contributed by atoms with E-state index in [9.17, 15) is 0 Å². The Balaban J connectivity index is -0.0000000150. The normalized spacial score (nSPS) is 3.43. The third kappa shape index (κ3) is 87.7.